The molecular formula is C26H31ClN4O4. The summed E-state index contributed by atoms with van der Waals surface area (Å²) in [5, 5.41) is 6.46. The van der Waals surface area contributed by atoms with E-state index in [0.717, 1.165) is 42.5 Å². The van der Waals surface area contributed by atoms with Gasteiger partial charge in [-0.15, -0.1) is 0 Å². The fraction of sp³-hybridized carbons (Fsp3) is 0.385. The van der Waals surface area contributed by atoms with Crippen LogP contribution in [0.5, 0.6) is 5.75 Å². The van der Waals surface area contributed by atoms with Gasteiger partial charge in [0.05, 0.1) is 25.3 Å². The van der Waals surface area contributed by atoms with Crippen LogP contribution in [0, 0.1) is 6.92 Å². The summed E-state index contributed by atoms with van der Waals surface area (Å²) >= 11 is 6.22. The van der Waals surface area contributed by atoms with Crippen LogP contribution < -0.4 is 20.3 Å². The van der Waals surface area contributed by atoms with Crippen molar-refractivity contribution < 1.29 is 19.1 Å². The maximum atomic E-state index is 13.1. The zero-order valence-electron chi connectivity index (χ0n) is 20.3. The molecular weight excluding hydrogens is 468 g/mol. The molecule has 0 saturated carbocycles. The maximum Gasteiger partial charge on any atom is 0.338 e. The molecule has 1 saturated heterocycles. The normalized spacial score (nSPS) is 18.7. The van der Waals surface area contributed by atoms with Crippen molar-refractivity contribution in [2.24, 2.45) is 0 Å². The summed E-state index contributed by atoms with van der Waals surface area (Å²) in [4.78, 5) is 30.2. The molecule has 0 bridgehead atoms. The number of ether oxygens (including phenoxy) is 2. The van der Waals surface area contributed by atoms with Crippen LogP contribution in [0.4, 0.5) is 10.5 Å². The van der Waals surface area contributed by atoms with Crippen molar-refractivity contribution in [3.05, 3.63) is 69.9 Å². The molecule has 0 unspecified atom stereocenters. The summed E-state index contributed by atoms with van der Waals surface area (Å²) in [6, 6.07) is 12.3. The average Bonchev–Trinajstić information content (AvgIpc) is 2.86. The predicted molar refractivity (Wildman–Crippen MR) is 136 cm³/mol. The minimum atomic E-state index is -0.636. The second kappa shape index (κ2) is 11.0. The van der Waals surface area contributed by atoms with Gasteiger partial charge in [-0.2, -0.15) is 0 Å². The molecule has 1 atom stereocenters. The van der Waals surface area contributed by atoms with Gasteiger partial charge in [-0.1, -0.05) is 29.8 Å². The van der Waals surface area contributed by atoms with Crippen LogP contribution in [0.3, 0.4) is 0 Å². The number of carbonyl (C=O) groups excluding carboxylic acids is 2. The number of rotatable bonds is 7. The zero-order chi connectivity index (χ0) is 24.9. The molecule has 35 heavy (non-hydrogen) atoms. The SMILES string of the molecule is CCOC(=O)C1=C(CN2CCN(c3cc(Cl)ccc3C)CC2)NC(=O)N[C@H]1c1cccc(OC)c1. The molecule has 2 aliphatic heterocycles. The number of carbonyl (C=O) groups is 2. The molecule has 2 heterocycles. The highest BCUT2D eigenvalue weighted by Gasteiger charge is 2.35. The van der Waals surface area contributed by atoms with Gasteiger partial charge >= 0.3 is 12.0 Å². The molecule has 0 radical (unpaired) electrons. The Hall–Kier alpha value is -3.23. The minimum Gasteiger partial charge on any atom is -0.497 e. The van der Waals surface area contributed by atoms with Crippen LogP contribution in [0.25, 0.3) is 0 Å². The summed E-state index contributed by atoms with van der Waals surface area (Å²) < 4.78 is 10.7. The van der Waals surface area contributed by atoms with Gasteiger partial charge in [-0.25, -0.2) is 9.59 Å². The van der Waals surface area contributed by atoms with Crippen molar-refractivity contribution in [1.82, 2.24) is 15.5 Å². The Bertz CT molecular complexity index is 1130. The number of esters is 1. The van der Waals surface area contributed by atoms with Crippen LogP contribution in [0.2, 0.25) is 5.02 Å². The standard InChI is InChI=1S/C26H31ClN4O4/c1-4-35-25(32)23-21(28-26(33)29-24(23)18-6-5-7-20(14-18)34-3)16-30-10-12-31(13-11-30)22-15-19(27)9-8-17(22)2/h5-9,14-15,24H,4,10-13,16H2,1-3H3,(H2,28,29,33)/t24-/m0/s1. The molecule has 1 fully saturated rings. The molecule has 2 amide bonds. The Morgan fingerprint density at radius 3 is 2.63 bits per heavy atom. The Morgan fingerprint density at radius 1 is 1.14 bits per heavy atom. The number of hydrogen-bond acceptors (Lipinski definition) is 6. The Kier molecular flexibility index (Phi) is 7.83. The lowest BCUT2D eigenvalue weighted by Crippen LogP contribution is -2.52. The second-order valence-corrected chi connectivity index (χ2v) is 9.05. The van der Waals surface area contributed by atoms with E-state index < -0.39 is 12.0 Å². The molecule has 2 N–H and O–H groups in total. The average molecular weight is 499 g/mol. The van der Waals surface area contributed by atoms with Crippen molar-refractivity contribution in [2.75, 3.05) is 51.3 Å². The molecule has 0 aromatic heterocycles. The third-order valence-electron chi connectivity index (χ3n) is 6.34. The lowest BCUT2D eigenvalue weighted by atomic mass is 9.94. The van der Waals surface area contributed by atoms with Crippen LogP contribution in [0.15, 0.2) is 53.7 Å². The number of aryl methyl sites for hydroxylation is 1. The predicted octanol–water partition coefficient (Wildman–Crippen LogP) is 3.65. The number of benzene rings is 2. The lowest BCUT2D eigenvalue weighted by Gasteiger charge is -2.38. The number of piperazine rings is 1. The van der Waals surface area contributed by atoms with Gasteiger partial charge in [-0.3, -0.25) is 4.90 Å². The molecule has 0 aliphatic carbocycles. The van der Waals surface area contributed by atoms with Crippen molar-refractivity contribution >= 4 is 29.3 Å². The number of amides is 2. The van der Waals surface area contributed by atoms with E-state index in [2.05, 4.69) is 27.4 Å². The van der Waals surface area contributed by atoms with Gasteiger partial charge in [0.15, 0.2) is 0 Å². The van der Waals surface area contributed by atoms with Gasteiger partial charge in [-0.05, 0) is 49.2 Å². The third-order valence-corrected chi connectivity index (χ3v) is 6.58. The second-order valence-electron chi connectivity index (χ2n) is 8.61. The van der Waals surface area contributed by atoms with Crippen molar-refractivity contribution in [3.8, 4) is 5.75 Å². The number of hydrogen-bond donors (Lipinski definition) is 2. The number of urea groups is 1. The Labute approximate surface area is 210 Å². The quantitative estimate of drug-likeness (QED) is 0.567. The monoisotopic (exact) mass is 498 g/mol. The molecule has 0 spiro atoms. The topological polar surface area (TPSA) is 83.1 Å². The highest BCUT2D eigenvalue weighted by molar-refractivity contribution is 6.30. The van der Waals surface area contributed by atoms with Crippen LogP contribution >= 0.6 is 11.6 Å². The van der Waals surface area contributed by atoms with E-state index in [-0.39, 0.29) is 12.6 Å². The summed E-state index contributed by atoms with van der Waals surface area (Å²) in [6.45, 7) is 7.71. The molecule has 186 valence electrons. The minimum absolute atomic E-state index is 0.242. The Morgan fingerprint density at radius 2 is 1.91 bits per heavy atom. The Balaban J connectivity index is 1.57. The van der Waals surface area contributed by atoms with E-state index in [9.17, 15) is 9.59 Å². The van der Waals surface area contributed by atoms with E-state index in [1.165, 1.54) is 5.56 Å². The van der Waals surface area contributed by atoms with E-state index in [4.69, 9.17) is 21.1 Å². The highest BCUT2D eigenvalue weighted by atomic mass is 35.5. The summed E-state index contributed by atoms with van der Waals surface area (Å²) in [5.41, 5.74) is 4.04. The number of nitrogens with zero attached hydrogens (tertiary/aromatic N) is 2. The summed E-state index contributed by atoms with van der Waals surface area (Å²) in [7, 11) is 1.58. The number of methoxy groups -OCH3 is 1. The van der Waals surface area contributed by atoms with Crippen molar-refractivity contribution in [1.29, 1.82) is 0 Å². The zero-order valence-corrected chi connectivity index (χ0v) is 21.0. The number of nitrogens with one attached hydrogen (secondary N) is 2. The van der Waals surface area contributed by atoms with Gasteiger partial charge in [0.2, 0.25) is 0 Å². The molecule has 2 aromatic carbocycles. The van der Waals surface area contributed by atoms with E-state index in [0.29, 0.717) is 23.6 Å². The molecule has 9 heteroatoms. The van der Waals surface area contributed by atoms with Crippen molar-refractivity contribution in [3.63, 3.8) is 0 Å². The molecule has 2 aliphatic rings. The van der Waals surface area contributed by atoms with Gasteiger partial charge in [0.1, 0.15) is 5.75 Å². The van der Waals surface area contributed by atoms with Gasteiger partial charge < -0.3 is 25.0 Å². The fourth-order valence-corrected chi connectivity index (χ4v) is 4.72. The molecule has 2 aromatic rings. The first-order valence-electron chi connectivity index (χ1n) is 11.7. The van der Waals surface area contributed by atoms with Gasteiger partial charge in [0.25, 0.3) is 0 Å². The highest BCUT2D eigenvalue weighted by Crippen LogP contribution is 2.31. The largest absolute Gasteiger partial charge is 0.497 e. The van der Waals surface area contributed by atoms with E-state index >= 15 is 0 Å². The first-order valence-corrected chi connectivity index (χ1v) is 12.1. The summed E-state index contributed by atoms with van der Waals surface area (Å²) in [6.07, 6.45) is 0. The number of halogens is 1. The van der Waals surface area contributed by atoms with Crippen LogP contribution in [0.1, 0.15) is 24.1 Å². The molecule has 8 nitrogen and oxygen atoms in total. The molecule has 4 rings (SSSR count). The third kappa shape index (κ3) is 5.71. The fourth-order valence-electron chi connectivity index (χ4n) is 4.56. The maximum absolute atomic E-state index is 13.1. The smallest absolute Gasteiger partial charge is 0.338 e. The number of anilines is 1. The van der Waals surface area contributed by atoms with E-state index in [1.807, 2.05) is 42.5 Å². The lowest BCUT2D eigenvalue weighted by molar-refractivity contribution is -0.139. The first kappa shape index (κ1) is 24.9. The van der Waals surface area contributed by atoms with Crippen molar-refractivity contribution in [2.45, 2.75) is 19.9 Å². The van der Waals surface area contributed by atoms with E-state index in [1.54, 1.807) is 14.0 Å². The summed E-state index contributed by atoms with van der Waals surface area (Å²) in [5.74, 6) is 0.198. The first-order chi connectivity index (χ1) is 16.9. The van der Waals surface area contributed by atoms with Gasteiger partial charge in [0, 0.05) is 49.1 Å². The van der Waals surface area contributed by atoms with Crippen LogP contribution in [-0.2, 0) is 9.53 Å². The van der Waals surface area contributed by atoms with Crippen LogP contribution in [-0.4, -0.2) is 63.3 Å².